The van der Waals surface area contributed by atoms with Gasteiger partial charge in [-0.2, -0.15) is 0 Å². The molecule has 0 N–H and O–H groups in total. The molecule has 0 bridgehead atoms. The maximum atomic E-state index is 11.5. The Labute approximate surface area is 158 Å². The zero-order chi connectivity index (χ0) is 20.9. The highest BCUT2D eigenvalue weighted by atomic mass is 16.6. The molecule has 0 spiro atoms. The van der Waals surface area contributed by atoms with E-state index in [1.54, 1.807) is 6.92 Å². The molecule has 27 heavy (non-hydrogen) atoms. The molecule has 0 aromatic heterocycles. The van der Waals surface area contributed by atoms with Crippen molar-refractivity contribution in [3.05, 3.63) is 50.6 Å². The highest BCUT2D eigenvalue weighted by Gasteiger charge is 2.41. The van der Waals surface area contributed by atoms with Crippen molar-refractivity contribution in [2.45, 2.75) is 6.92 Å². The van der Waals surface area contributed by atoms with E-state index < -0.39 is 35.2 Å². The lowest BCUT2D eigenvalue weighted by Crippen LogP contribution is -2.46. The minimum absolute atomic E-state index is 0.131. The van der Waals surface area contributed by atoms with Crippen LogP contribution >= 0.6 is 0 Å². The summed E-state index contributed by atoms with van der Waals surface area (Å²) >= 11 is 0. The van der Waals surface area contributed by atoms with Crippen LogP contribution in [0.25, 0.3) is 0 Å². The van der Waals surface area contributed by atoms with E-state index in [-0.39, 0.29) is 26.4 Å². The smallest absolute Gasteiger partial charge is 0.330 e. The number of rotatable bonds is 13. The van der Waals surface area contributed by atoms with E-state index in [1.165, 1.54) is 0 Å². The van der Waals surface area contributed by atoms with Crippen molar-refractivity contribution < 1.29 is 38.1 Å². The second-order valence-corrected chi connectivity index (χ2v) is 5.53. The third kappa shape index (κ3) is 8.66. The van der Waals surface area contributed by atoms with Gasteiger partial charge in [-0.25, -0.2) is 19.2 Å². The second-order valence-electron chi connectivity index (χ2n) is 5.53. The monoisotopic (exact) mass is 380 g/mol. The standard InChI is InChI=1S/C19H24O8/c1-6-15(20)24-10-14(5)19(11-25-16(21)7-2,12-26-17(22)8-3)13-27-18(23)9-4/h6-9,14H,1-4,10-13H2,5H3. The molecule has 0 saturated carbocycles. The van der Waals surface area contributed by atoms with Crippen molar-refractivity contribution in [1.29, 1.82) is 0 Å². The molecular formula is C19H24O8. The largest absolute Gasteiger partial charge is 0.462 e. The Morgan fingerprint density at radius 3 is 1.30 bits per heavy atom. The predicted molar refractivity (Wildman–Crippen MR) is 96.2 cm³/mol. The Hall–Kier alpha value is -3.16. The fraction of sp³-hybridized carbons (Fsp3) is 0.368. The average Bonchev–Trinajstić information content (AvgIpc) is 2.70. The summed E-state index contributed by atoms with van der Waals surface area (Å²) in [7, 11) is 0. The Bertz CT molecular complexity index is 545. The zero-order valence-electron chi connectivity index (χ0n) is 15.3. The van der Waals surface area contributed by atoms with Crippen LogP contribution in [0.3, 0.4) is 0 Å². The number of ether oxygens (including phenoxy) is 4. The summed E-state index contributed by atoms with van der Waals surface area (Å²) < 4.78 is 20.3. The Morgan fingerprint density at radius 1 is 0.704 bits per heavy atom. The van der Waals surface area contributed by atoms with E-state index in [9.17, 15) is 19.2 Å². The van der Waals surface area contributed by atoms with Crippen LogP contribution in [0.15, 0.2) is 50.6 Å². The van der Waals surface area contributed by atoms with E-state index in [4.69, 9.17) is 18.9 Å². The van der Waals surface area contributed by atoms with Gasteiger partial charge >= 0.3 is 23.9 Å². The number of hydrogen-bond acceptors (Lipinski definition) is 8. The van der Waals surface area contributed by atoms with Crippen molar-refractivity contribution in [2.24, 2.45) is 11.3 Å². The van der Waals surface area contributed by atoms with E-state index in [2.05, 4.69) is 26.3 Å². The normalized spacial score (nSPS) is 11.3. The molecule has 0 fully saturated rings. The van der Waals surface area contributed by atoms with Gasteiger partial charge in [-0.1, -0.05) is 33.2 Å². The third-order valence-corrected chi connectivity index (χ3v) is 3.69. The number of carbonyl (C=O) groups excluding carboxylic acids is 4. The van der Waals surface area contributed by atoms with Crippen LogP contribution in [0.1, 0.15) is 6.92 Å². The van der Waals surface area contributed by atoms with Gasteiger partial charge in [0.2, 0.25) is 0 Å². The van der Waals surface area contributed by atoms with Gasteiger partial charge in [0.25, 0.3) is 0 Å². The quantitative estimate of drug-likeness (QED) is 0.269. The van der Waals surface area contributed by atoms with Gasteiger partial charge in [-0.05, 0) is 0 Å². The molecule has 0 saturated heterocycles. The van der Waals surface area contributed by atoms with Crippen LogP contribution in [-0.2, 0) is 38.1 Å². The Balaban J connectivity index is 5.60. The summed E-state index contributed by atoms with van der Waals surface area (Å²) in [4.78, 5) is 45.8. The fourth-order valence-electron chi connectivity index (χ4n) is 1.82. The summed E-state index contributed by atoms with van der Waals surface area (Å²) in [6.45, 7) is 13.8. The molecule has 1 unspecified atom stereocenters. The van der Waals surface area contributed by atoms with Crippen LogP contribution in [0.2, 0.25) is 0 Å². The van der Waals surface area contributed by atoms with Gasteiger partial charge in [0.15, 0.2) is 0 Å². The summed E-state index contributed by atoms with van der Waals surface area (Å²) in [5.74, 6) is -3.38. The molecule has 8 nitrogen and oxygen atoms in total. The maximum Gasteiger partial charge on any atom is 0.330 e. The van der Waals surface area contributed by atoms with E-state index in [1.807, 2.05) is 0 Å². The van der Waals surface area contributed by atoms with Crippen LogP contribution in [0.4, 0.5) is 0 Å². The van der Waals surface area contributed by atoms with Gasteiger partial charge in [0.05, 0.1) is 12.0 Å². The molecule has 0 radical (unpaired) electrons. The SMILES string of the molecule is C=CC(=O)OCC(C)C(COC(=O)C=C)(COC(=O)C=C)COC(=O)C=C. The molecule has 0 amide bonds. The summed E-state index contributed by atoms with van der Waals surface area (Å²) in [6.07, 6.45) is 3.86. The van der Waals surface area contributed by atoms with Crippen LogP contribution in [0, 0.1) is 11.3 Å². The number of esters is 4. The highest BCUT2D eigenvalue weighted by Crippen LogP contribution is 2.31. The van der Waals surface area contributed by atoms with Crippen molar-refractivity contribution in [1.82, 2.24) is 0 Å². The average molecular weight is 380 g/mol. The van der Waals surface area contributed by atoms with Gasteiger partial charge in [0.1, 0.15) is 19.8 Å². The molecule has 1 atom stereocenters. The first-order valence-electron chi connectivity index (χ1n) is 7.91. The summed E-state index contributed by atoms with van der Waals surface area (Å²) in [5, 5.41) is 0. The van der Waals surface area contributed by atoms with Crippen LogP contribution in [0.5, 0.6) is 0 Å². The summed E-state index contributed by atoms with van der Waals surface area (Å²) in [5.41, 5.74) is -1.20. The molecule has 0 aliphatic heterocycles. The first kappa shape index (κ1) is 23.8. The molecule has 8 heteroatoms. The zero-order valence-corrected chi connectivity index (χ0v) is 15.3. The fourth-order valence-corrected chi connectivity index (χ4v) is 1.82. The number of carbonyl (C=O) groups is 4. The molecular weight excluding hydrogens is 356 g/mol. The van der Waals surface area contributed by atoms with Crippen molar-refractivity contribution >= 4 is 23.9 Å². The Kier molecular flexibility index (Phi) is 10.8. The first-order valence-corrected chi connectivity index (χ1v) is 7.91. The van der Waals surface area contributed by atoms with Gasteiger partial charge in [0, 0.05) is 30.2 Å². The molecule has 0 aliphatic rings. The number of hydrogen-bond donors (Lipinski definition) is 0. The van der Waals surface area contributed by atoms with E-state index in [0.717, 1.165) is 24.3 Å². The minimum atomic E-state index is -1.20. The Morgan fingerprint density at radius 2 is 1.00 bits per heavy atom. The lowest BCUT2D eigenvalue weighted by atomic mass is 9.78. The lowest BCUT2D eigenvalue weighted by Gasteiger charge is -2.36. The predicted octanol–water partition coefficient (Wildman–Crippen LogP) is 1.53. The highest BCUT2D eigenvalue weighted by molar-refractivity contribution is 5.82. The molecule has 0 aromatic carbocycles. The van der Waals surface area contributed by atoms with E-state index >= 15 is 0 Å². The molecule has 148 valence electrons. The van der Waals surface area contributed by atoms with E-state index in [0.29, 0.717) is 0 Å². The lowest BCUT2D eigenvalue weighted by molar-refractivity contribution is -0.165. The molecule has 0 aliphatic carbocycles. The van der Waals surface area contributed by atoms with Crippen molar-refractivity contribution in [3.8, 4) is 0 Å². The third-order valence-electron chi connectivity index (χ3n) is 3.69. The summed E-state index contributed by atoms with van der Waals surface area (Å²) in [6, 6.07) is 0. The molecule has 0 aromatic rings. The van der Waals surface area contributed by atoms with Crippen LogP contribution in [-0.4, -0.2) is 50.3 Å². The molecule has 0 heterocycles. The topological polar surface area (TPSA) is 105 Å². The van der Waals surface area contributed by atoms with Gasteiger partial charge in [-0.3, -0.25) is 0 Å². The maximum absolute atomic E-state index is 11.5. The second kappa shape index (κ2) is 12.2. The van der Waals surface area contributed by atoms with Crippen molar-refractivity contribution in [3.63, 3.8) is 0 Å². The van der Waals surface area contributed by atoms with Crippen molar-refractivity contribution in [2.75, 3.05) is 26.4 Å². The van der Waals surface area contributed by atoms with Gasteiger partial charge in [-0.15, -0.1) is 0 Å². The molecule has 0 rings (SSSR count). The van der Waals surface area contributed by atoms with Crippen LogP contribution < -0.4 is 0 Å². The minimum Gasteiger partial charge on any atom is -0.462 e. The van der Waals surface area contributed by atoms with Gasteiger partial charge < -0.3 is 18.9 Å². The first-order chi connectivity index (χ1) is 12.7.